The number of rotatable bonds is 3. The van der Waals surface area contributed by atoms with Crippen molar-refractivity contribution in [2.24, 2.45) is 0 Å². The van der Waals surface area contributed by atoms with Crippen LogP contribution in [-0.4, -0.2) is 17.5 Å². The molecule has 2 aliphatic rings. The standard InChI is InChI=1S/C17H18Cl2FNO2/c1-9(2)23-15-8-14(13(20)7-12(15)18)21-16(19)10-5-3-4-6-11(10)17(21)22/h7-9,16H,3-6H2,1-2H3. The SMILES string of the molecule is CC(C)Oc1cc(N2C(=O)C3=C(CCCC3)C2Cl)c(F)cc1Cl. The predicted molar refractivity (Wildman–Crippen MR) is 89.8 cm³/mol. The highest BCUT2D eigenvalue weighted by atomic mass is 35.5. The molecule has 0 saturated heterocycles. The van der Waals surface area contributed by atoms with Crippen molar-refractivity contribution in [3.63, 3.8) is 0 Å². The Morgan fingerprint density at radius 1 is 1.30 bits per heavy atom. The van der Waals surface area contributed by atoms with Crippen LogP contribution in [0.4, 0.5) is 10.1 Å². The summed E-state index contributed by atoms with van der Waals surface area (Å²) in [6.45, 7) is 3.70. The molecule has 23 heavy (non-hydrogen) atoms. The van der Waals surface area contributed by atoms with E-state index in [1.165, 1.54) is 17.0 Å². The molecule has 1 aliphatic carbocycles. The largest absolute Gasteiger partial charge is 0.489 e. The van der Waals surface area contributed by atoms with Crippen LogP contribution >= 0.6 is 23.2 Å². The molecule has 3 nitrogen and oxygen atoms in total. The lowest BCUT2D eigenvalue weighted by Crippen LogP contribution is -2.33. The maximum Gasteiger partial charge on any atom is 0.255 e. The molecule has 0 radical (unpaired) electrons. The van der Waals surface area contributed by atoms with Crippen LogP contribution in [-0.2, 0) is 4.79 Å². The third-order valence-corrected chi connectivity index (χ3v) is 4.88. The normalized spacial score (nSPS) is 21.2. The monoisotopic (exact) mass is 357 g/mol. The minimum absolute atomic E-state index is 0.113. The Bertz CT molecular complexity index is 687. The Morgan fingerprint density at radius 3 is 2.65 bits per heavy atom. The first-order valence-corrected chi connectivity index (χ1v) is 8.57. The van der Waals surface area contributed by atoms with Gasteiger partial charge in [0.05, 0.1) is 16.8 Å². The number of hydrogen-bond donors (Lipinski definition) is 0. The molecule has 1 atom stereocenters. The summed E-state index contributed by atoms with van der Waals surface area (Å²) in [6.07, 6.45) is 3.36. The molecule has 124 valence electrons. The van der Waals surface area contributed by atoms with E-state index in [0.29, 0.717) is 12.2 Å². The molecule has 3 rings (SSSR count). The van der Waals surface area contributed by atoms with E-state index >= 15 is 0 Å². The van der Waals surface area contributed by atoms with Crippen molar-refractivity contribution in [2.45, 2.75) is 51.1 Å². The Labute approximate surface area is 145 Å². The van der Waals surface area contributed by atoms with Gasteiger partial charge in [-0.05, 0) is 51.2 Å². The predicted octanol–water partition coefficient (Wildman–Crippen LogP) is 5.05. The van der Waals surface area contributed by atoms with E-state index in [4.69, 9.17) is 27.9 Å². The van der Waals surface area contributed by atoms with Crippen molar-refractivity contribution in [1.82, 2.24) is 0 Å². The summed E-state index contributed by atoms with van der Waals surface area (Å²) in [6, 6.07) is 2.63. The number of ether oxygens (including phenoxy) is 1. The Hall–Kier alpha value is -1.26. The van der Waals surface area contributed by atoms with E-state index in [1.807, 2.05) is 13.8 Å². The lowest BCUT2D eigenvalue weighted by Gasteiger charge is -2.24. The second-order valence-electron chi connectivity index (χ2n) is 6.12. The van der Waals surface area contributed by atoms with Gasteiger partial charge >= 0.3 is 0 Å². The van der Waals surface area contributed by atoms with Crippen molar-refractivity contribution < 1.29 is 13.9 Å². The Balaban J connectivity index is 2.00. The number of hydrogen-bond acceptors (Lipinski definition) is 2. The molecule has 1 aromatic carbocycles. The number of halogens is 3. The van der Waals surface area contributed by atoms with E-state index in [-0.39, 0.29) is 22.7 Å². The number of carbonyl (C=O) groups is 1. The first kappa shape index (κ1) is 16.6. The van der Waals surface area contributed by atoms with Gasteiger partial charge in [0.2, 0.25) is 0 Å². The second-order valence-corrected chi connectivity index (χ2v) is 6.94. The molecular weight excluding hydrogens is 340 g/mol. The fourth-order valence-corrected chi connectivity index (χ4v) is 3.75. The molecule has 1 amide bonds. The van der Waals surface area contributed by atoms with E-state index < -0.39 is 11.3 Å². The molecule has 0 aromatic heterocycles. The number of amides is 1. The highest BCUT2D eigenvalue weighted by molar-refractivity contribution is 6.32. The smallest absolute Gasteiger partial charge is 0.255 e. The number of benzene rings is 1. The maximum atomic E-state index is 14.4. The van der Waals surface area contributed by atoms with Crippen LogP contribution in [0.25, 0.3) is 0 Å². The van der Waals surface area contributed by atoms with E-state index in [1.54, 1.807) is 0 Å². The highest BCUT2D eigenvalue weighted by Gasteiger charge is 2.40. The zero-order valence-corrected chi connectivity index (χ0v) is 14.5. The van der Waals surface area contributed by atoms with Crippen LogP contribution in [0.15, 0.2) is 23.3 Å². The number of nitrogens with zero attached hydrogens (tertiary/aromatic N) is 1. The summed E-state index contributed by atoms with van der Waals surface area (Å²) in [5.74, 6) is -0.444. The Kier molecular flexibility index (Phi) is 4.56. The van der Waals surface area contributed by atoms with Crippen LogP contribution in [0.2, 0.25) is 5.02 Å². The summed E-state index contributed by atoms with van der Waals surface area (Å²) in [5.41, 5.74) is 1.13. The van der Waals surface area contributed by atoms with Gasteiger partial charge in [-0.1, -0.05) is 23.2 Å². The maximum absolute atomic E-state index is 14.4. The van der Waals surface area contributed by atoms with Crippen molar-refractivity contribution in [1.29, 1.82) is 0 Å². The minimum Gasteiger partial charge on any atom is -0.489 e. The fraction of sp³-hybridized carbons (Fsp3) is 0.471. The summed E-state index contributed by atoms with van der Waals surface area (Å²) in [5, 5.41) is 0.176. The Morgan fingerprint density at radius 2 is 2.00 bits per heavy atom. The van der Waals surface area contributed by atoms with E-state index in [2.05, 4.69) is 0 Å². The first-order valence-electron chi connectivity index (χ1n) is 7.75. The summed E-state index contributed by atoms with van der Waals surface area (Å²) < 4.78 is 20.0. The molecule has 1 unspecified atom stereocenters. The molecule has 6 heteroatoms. The van der Waals surface area contributed by atoms with E-state index in [0.717, 1.165) is 30.4 Å². The molecule has 0 saturated carbocycles. The van der Waals surface area contributed by atoms with Gasteiger partial charge in [-0.15, -0.1) is 0 Å². The lowest BCUT2D eigenvalue weighted by molar-refractivity contribution is -0.114. The third-order valence-electron chi connectivity index (χ3n) is 4.13. The van der Waals surface area contributed by atoms with Gasteiger partial charge in [0, 0.05) is 11.6 Å². The van der Waals surface area contributed by atoms with Gasteiger partial charge in [-0.3, -0.25) is 9.69 Å². The molecule has 0 bridgehead atoms. The molecule has 0 N–H and O–H groups in total. The van der Waals surface area contributed by atoms with Crippen molar-refractivity contribution in [2.75, 3.05) is 4.90 Å². The van der Waals surface area contributed by atoms with Gasteiger partial charge < -0.3 is 4.74 Å². The molecule has 0 fully saturated rings. The fourth-order valence-electron chi connectivity index (χ4n) is 3.12. The van der Waals surface area contributed by atoms with Gasteiger partial charge in [0.25, 0.3) is 5.91 Å². The van der Waals surface area contributed by atoms with Gasteiger partial charge in [0.1, 0.15) is 17.1 Å². The zero-order chi connectivity index (χ0) is 16.7. The average Bonchev–Trinajstić information content (AvgIpc) is 2.74. The van der Waals surface area contributed by atoms with Crippen LogP contribution < -0.4 is 9.64 Å². The van der Waals surface area contributed by atoms with Crippen molar-refractivity contribution in [3.05, 3.63) is 34.1 Å². The molecular formula is C17H18Cl2FNO2. The third kappa shape index (κ3) is 2.94. The summed E-state index contributed by atoms with van der Waals surface area (Å²) >= 11 is 12.5. The minimum atomic E-state index is -0.639. The molecule has 1 aromatic rings. The number of alkyl halides is 1. The summed E-state index contributed by atoms with van der Waals surface area (Å²) in [7, 11) is 0. The topological polar surface area (TPSA) is 29.5 Å². The quantitative estimate of drug-likeness (QED) is 0.559. The molecule has 1 heterocycles. The highest BCUT2D eigenvalue weighted by Crippen LogP contribution is 2.43. The number of anilines is 1. The van der Waals surface area contributed by atoms with Gasteiger partial charge in [-0.2, -0.15) is 0 Å². The lowest BCUT2D eigenvalue weighted by atomic mass is 9.94. The molecule has 0 spiro atoms. The van der Waals surface area contributed by atoms with Crippen LogP contribution in [0, 0.1) is 5.82 Å². The van der Waals surface area contributed by atoms with Gasteiger partial charge in [-0.25, -0.2) is 4.39 Å². The van der Waals surface area contributed by atoms with Crippen LogP contribution in [0.1, 0.15) is 39.5 Å². The number of carbonyl (C=O) groups excluding carboxylic acids is 1. The molecule has 1 aliphatic heterocycles. The van der Waals surface area contributed by atoms with Crippen LogP contribution in [0.5, 0.6) is 5.75 Å². The van der Waals surface area contributed by atoms with Gasteiger partial charge in [0.15, 0.2) is 0 Å². The van der Waals surface area contributed by atoms with Crippen LogP contribution in [0.3, 0.4) is 0 Å². The van der Waals surface area contributed by atoms with Crippen molar-refractivity contribution in [3.8, 4) is 5.75 Å². The summed E-state index contributed by atoms with van der Waals surface area (Å²) in [4.78, 5) is 14.0. The average molecular weight is 358 g/mol. The zero-order valence-electron chi connectivity index (χ0n) is 13.0. The second kappa shape index (κ2) is 6.33. The van der Waals surface area contributed by atoms with Crippen molar-refractivity contribution >= 4 is 34.8 Å². The first-order chi connectivity index (χ1) is 10.9. The van der Waals surface area contributed by atoms with E-state index in [9.17, 15) is 9.18 Å².